The van der Waals surface area contributed by atoms with Crippen LogP contribution in [0.2, 0.25) is 4.34 Å². The molecule has 1 aliphatic rings. The minimum Gasteiger partial charge on any atom is -0.339 e. The zero-order valence-electron chi connectivity index (χ0n) is 9.75. The van der Waals surface area contributed by atoms with E-state index in [0.29, 0.717) is 10.9 Å². The highest BCUT2D eigenvalue weighted by Crippen LogP contribution is 2.27. The molecule has 18 heavy (non-hydrogen) atoms. The molecule has 0 spiro atoms. The zero-order chi connectivity index (χ0) is 13.3. The second-order valence-electron chi connectivity index (χ2n) is 4.39. The average molecular weight is 295 g/mol. The maximum atomic E-state index is 13.0. The van der Waals surface area contributed by atoms with Crippen LogP contribution in [-0.2, 0) is 11.3 Å². The first-order chi connectivity index (χ1) is 8.37. The standard InChI is InChI=1S/C11H13ClF2N2OS/c1-16(5-7-2-3-9(12)18-7)10(17)8-4-11(13,14)6-15-8/h2-3,8,15H,4-6H2,1H3. The molecule has 1 atom stereocenters. The van der Waals surface area contributed by atoms with E-state index in [-0.39, 0.29) is 5.91 Å². The topological polar surface area (TPSA) is 32.3 Å². The van der Waals surface area contributed by atoms with Crippen molar-refractivity contribution in [3.05, 3.63) is 21.3 Å². The summed E-state index contributed by atoms with van der Waals surface area (Å²) in [5.41, 5.74) is 0. The zero-order valence-corrected chi connectivity index (χ0v) is 11.3. The molecule has 3 nitrogen and oxygen atoms in total. The van der Waals surface area contributed by atoms with Crippen molar-refractivity contribution >= 4 is 28.8 Å². The molecular formula is C11H13ClF2N2OS. The Labute approximate surface area is 113 Å². The third kappa shape index (κ3) is 3.18. The van der Waals surface area contributed by atoms with Crippen molar-refractivity contribution in [2.75, 3.05) is 13.6 Å². The lowest BCUT2D eigenvalue weighted by Gasteiger charge is -2.20. The van der Waals surface area contributed by atoms with Crippen molar-refractivity contribution in [3.8, 4) is 0 Å². The van der Waals surface area contributed by atoms with Gasteiger partial charge in [-0.3, -0.25) is 10.1 Å². The van der Waals surface area contributed by atoms with E-state index in [1.807, 2.05) is 6.07 Å². The van der Waals surface area contributed by atoms with E-state index < -0.39 is 24.9 Å². The van der Waals surface area contributed by atoms with Crippen LogP contribution in [0.25, 0.3) is 0 Å². The summed E-state index contributed by atoms with van der Waals surface area (Å²) >= 11 is 7.17. The molecule has 1 N–H and O–H groups in total. The Balaban J connectivity index is 1.93. The summed E-state index contributed by atoms with van der Waals surface area (Å²) < 4.78 is 26.6. The molecule has 100 valence electrons. The van der Waals surface area contributed by atoms with Crippen LogP contribution in [0.4, 0.5) is 8.78 Å². The Morgan fingerprint density at radius 1 is 1.67 bits per heavy atom. The monoisotopic (exact) mass is 294 g/mol. The summed E-state index contributed by atoms with van der Waals surface area (Å²) in [5, 5.41) is 2.55. The van der Waals surface area contributed by atoms with Gasteiger partial charge < -0.3 is 4.90 Å². The average Bonchev–Trinajstić information content (AvgIpc) is 2.83. The van der Waals surface area contributed by atoms with Crippen LogP contribution < -0.4 is 5.32 Å². The molecule has 7 heteroatoms. The number of carbonyl (C=O) groups is 1. The van der Waals surface area contributed by atoms with E-state index in [1.165, 1.54) is 16.2 Å². The lowest BCUT2D eigenvalue weighted by Crippen LogP contribution is -2.41. The molecule has 1 aromatic rings. The quantitative estimate of drug-likeness (QED) is 0.928. The first-order valence-corrected chi connectivity index (χ1v) is 6.67. The molecule has 1 amide bonds. The van der Waals surface area contributed by atoms with Gasteiger partial charge in [-0.15, -0.1) is 11.3 Å². The summed E-state index contributed by atoms with van der Waals surface area (Å²) in [5.74, 6) is -3.09. The fraction of sp³-hybridized carbons (Fsp3) is 0.545. The number of alkyl halides is 2. The summed E-state index contributed by atoms with van der Waals surface area (Å²) in [6.45, 7) is -0.0396. The summed E-state index contributed by atoms with van der Waals surface area (Å²) in [7, 11) is 1.61. The number of likely N-dealkylation sites (N-methyl/N-ethyl adjacent to an activating group) is 1. The third-order valence-corrected chi connectivity index (χ3v) is 4.02. The molecule has 2 rings (SSSR count). The van der Waals surface area contributed by atoms with Crippen LogP contribution >= 0.6 is 22.9 Å². The van der Waals surface area contributed by atoms with Gasteiger partial charge in [-0.05, 0) is 12.1 Å². The van der Waals surface area contributed by atoms with Crippen molar-refractivity contribution in [1.29, 1.82) is 0 Å². The number of hydrogen-bond donors (Lipinski definition) is 1. The molecule has 1 unspecified atom stereocenters. The second kappa shape index (κ2) is 5.11. The number of nitrogens with one attached hydrogen (secondary N) is 1. The summed E-state index contributed by atoms with van der Waals surface area (Å²) in [6.07, 6.45) is -0.429. The van der Waals surface area contributed by atoms with Crippen LogP contribution in [0.3, 0.4) is 0 Å². The second-order valence-corrected chi connectivity index (χ2v) is 6.19. The Morgan fingerprint density at radius 2 is 2.39 bits per heavy atom. The minimum absolute atomic E-state index is 0.309. The molecule has 1 aromatic heterocycles. The summed E-state index contributed by atoms with van der Waals surface area (Å²) in [4.78, 5) is 14.3. The Morgan fingerprint density at radius 3 is 2.89 bits per heavy atom. The van der Waals surface area contributed by atoms with Gasteiger partial charge in [-0.2, -0.15) is 0 Å². The van der Waals surface area contributed by atoms with Gasteiger partial charge in [-0.1, -0.05) is 11.6 Å². The molecule has 1 fully saturated rings. The Kier molecular flexibility index (Phi) is 3.89. The number of thiophene rings is 1. The molecule has 2 heterocycles. The van der Waals surface area contributed by atoms with E-state index in [1.54, 1.807) is 13.1 Å². The predicted octanol–water partition coefficient (Wildman–Crippen LogP) is 2.36. The van der Waals surface area contributed by atoms with Crippen molar-refractivity contribution < 1.29 is 13.6 Å². The van der Waals surface area contributed by atoms with Crippen LogP contribution in [0, 0.1) is 0 Å². The number of nitrogens with zero attached hydrogens (tertiary/aromatic N) is 1. The lowest BCUT2D eigenvalue weighted by atomic mass is 10.1. The minimum atomic E-state index is -2.78. The Bertz CT molecular complexity index is 452. The van der Waals surface area contributed by atoms with Crippen molar-refractivity contribution in [3.63, 3.8) is 0 Å². The van der Waals surface area contributed by atoms with E-state index in [4.69, 9.17) is 11.6 Å². The molecule has 0 radical (unpaired) electrons. The fourth-order valence-corrected chi connectivity index (χ4v) is 3.05. The predicted molar refractivity (Wildman–Crippen MR) is 67.2 cm³/mol. The molecule has 0 aliphatic carbocycles. The molecule has 1 saturated heterocycles. The van der Waals surface area contributed by atoms with Crippen molar-refractivity contribution in [1.82, 2.24) is 10.2 Å². The fourth-order valence-electron chi connectivity index (χ4n) is 1.90. The van der Waals surface area contributed by atoms with E-state index >= 15 is 0 Å². The van der Waals surface area contributed by atoms with E-state index in [2.05, 4.69) is 5.32 Å². The highest BCUT2D eigenvalue weighted by molar-refractivity contribution is 7.16. The highest BCUT2D eigenvalue weighted by Gasteiger charge is 2.43. The molecule has 0 bridgehead atoms. The van der Waals surface area contributed by atoms with Crippen LogP contribution in [0.1, 0.15) is 11.3 Å². The van der Waals surface area contributed by atoms with Crippen molar-refractivity contribution in [2.45, 2.75) is 24.9 Å². The van der Waals surface area contributed by atoms with Crippen LogP contribution in [0.5, 0.6) is 0 Å². The van der Waals surface area contributed by atoms with E-state index in [0.717, 1.165) is 4.88 Å². The number of rotatable bonds is 3. The van der Waals surface area contributed by atoms with Gasteiger partial charge in [0.15, 0.2) is 0 Å². The lowest BCUT2D eigenvalue weighted by molar-refractivity contribution is -0.132. The maximum Gasteiger partial charge on any atom is 0.262 e. The molecular weight excluding hydrogens is 282 g/mol. The molecule has 0 aromatic carbocycles. The van der Waals surface area contributed by atoms with E-state index in [9.17, 15) is 13.6 Å². The first-order valence-electron chi connectivity index (χ1n) is 5.48. The number of hydrogen-bond acceptors (Lipinski definition) is 3. The number of carbonyl (C=O) groups excluding carboxylic acids is 1. The van der Waals surface area contributed by atoms with Gasteiger partial charge >= 0.3 is 0 Å². The third-order valence-electron chi connectivity index (χ3n) is 2.81. The first kappa shape index (κ1) is 13.7. The SMILES string of the molecule is CN(Cc1ccc(Cl)s1)C(=O)C1CC(F)(F)CN1. The van der Waals surface area contributed by atoms with Gasteiger partial charge in [0.1, 0.15) is 0 Å². The van der Waals surface area contributed by atoms with Gasteiger partial charge in [0.05, 0.1) is 23.5 Å². The number of amides is 1. The smallest absolute Gasteiger partial charge is 0.262 e. The van der Waals surface area contributed by atoms with Gasteiger partial charge in [0, 0.05) is 18.3 Å². The van der Waals surface area contributed by atoms with Crippen molar-refractivity contribution in [2.24, 2.45) is 0 Å². The van der Waals surface area contributed by atoms with Crippen LogP contribution in [-0.4, -0.2) is 36.4 Å². The van der Waals surface area contributed by atoms with Gasteiger partial charge in [-0.25, -0.2) is 8.78 Å². The van der Waals surface area contributed by atoms with Crippen LogP contribution in [0.15, 0.2) is 12.1 Å². The van der Waals surface area contributed by atoms with Gasteiger partial charge in [0.25, 0.3) is 5.92 Å². The van der Waals surface area contributed by atoms with Gasteiger partial charge in [0.2, 0.25) is 5.91 Å². The summed E-state index contributed by atoms with van der Waals surface area (Å²) in [6, 6.07) is 2.79. The molecule has 1 aliphatic heterocycles. The molecule has 0 saturated carbocycles. The maximum absolute atomic E-state index is 13.0. The highest BCUT2D eigenvalue weighted by atomic mass is 35.5. The normalized spacial score (nSPS) is 22.1. The Hall–Kier alpha value is -0.720. The largest absolute Gasteiger partial charge is 0.339 e. The number of halogens is 3.